The molecule has 0 unspecified atom stereocenters. The van der Waals surface area contributed by atoms with Crippen molar-refractivity contribution in [1.29, 1.82) is 0 Å². The standard InChI is InChI=1S/C100H60N6O4/c1-3-13-61(14-4-1)68-24-23-62-25-44-76(56-71(62)55-68)105(72-36-26-64(27-37-72)78-49-52-102-94-84-20-10-12-22-91(84)108-98(78)94)73-38-28-65(29-39-73)79-50-53-103-95-85-57-69(34-47-92(85)109-99(79)95)70-35-48-93-86(58-70)96-100(110-93)80(51-54-104-96)66-30-40-74(41-31-66)106(89-46-45-77(63-15-5-2-6-16-63)81-17-7-8-18-82(81)89)75-42-32-67(33-43-75)87-59-101-60-88-83-19-9-11-21-90(83)107-97(87)88/h1-60H. The Bertz CT molecular complexity index is 7390. The van der Waals surface area contributed by atoms with Crippen molar-refractivity contribution < 1.29 is 17.7 Å². The first-order valence-corrected chi connectivity index (χ1v) is 36.8. The molecule has 0 N–H and O–H groups in total. The highest BCUT2D eigenvalue weighted by molar-refractivity contribution is 6.14. The Morgan fingerprint density at radius 2 is 0.609 bits per heavy atom. The van der Waals surface area contributed by atoms with Crippen LogP contribution >= 0.6 is 0 Å². The van der Waals surface area contributed by atoms with E-state index in [1.54, 1.807) is 0 Å². The number of anilines is 6. The first-order chi connectivity index (χ1) is 54.5. The number of para-hydroxylation sites is 2. The lowest BCUT2D eigenvalue weighted by Crippen LogP contribution is -2.10. The molecule has 22 aromatic rings. The van der Waals surface area contributed by atoms with Crippen molar-refractivity contribution in [2.75, 3.05) is 9.80 Å². The molecule has 8 aromatic heterocycles. The van der Waals surface area contributed by atoms with Gasteiger partial charge in [0.25, 0.3) is 0 Å². The average molecular weight is 1410 g/mol. The van der Waals surface area contributed by atoms with Gasteiger partial charge in [-0.1, -0.05) is 200 Å². The second-order valence-electron chi connectivity index (χ2n) is 28.0. The van der Waals surface area contributed by atoms with Crippen molar-refractivity contribution in [2.45, 2.75) is 0 Å². The van der Waals surface area contributed by atoms with Crippen molar-refractivity contribution in [3.8, 4) is 77.9 Å². The molecule has 0 radical (unpaired) electrons. The predicted molar refractivity (Wildman–Crippen MR) is 449 cm³/mol. The second-order valence-corrected chi connectivity index (χ2v) is 28.0. The van der Waals surface area contributed by atoms with Gasteiger partial charge in [-0.2, -0.15) is 0 Å². The average Bonchev–Trinajstić information content (AvgIpc) is 1.54. The fraction of sp³-hybridized carbons (Fsp3) is 0. The molecular formula is C100H60N6O4. The molecule has 0 saturated heterocycles. The lowest BCUT2D eigenvalue weighted by molar-refractivity contribution is 0.668. The van der Waals surface area contributed by atoms with E-state index >= 15 is 0 Å². The maximum Gasteiger partial charge on any atom is 0.161 e. The molecular weight excluding hydrogens is 1350 g/mol. The molecule has 10 nitrogen and oxygen atoms in total. The van der Waals surface area contributed by atoms with Crippen molar-refractivity contribution in [3.63, 3.8) is 0 Å². The summed E-state index contributed by atoms with van der Waals surface area (Å²) in [5.74, 6) is 0. The third kappa shape index (κ3) is 10.4. The van der Waals surface area contributed by atoms with E-state index in [0.29, 0.717) is 0 Å². The Labute approximate surface area is 629 Å². The van der Waals surface area contributed by atoms with E-state index in [1.807, 2.05) is 85.6 Å². The van der Waals surface area contributed by atoms with Gasteiger partial charge in [0.05, 0.1) is 5.69 Å². The molecule has 0 aliphatic carbocycles. The van der Waals surface area contributed by atoms with Gasteiger partial charge in [-0.05, 0) is 205 Å². The summed E-state index contributed by atoms with van der Waals surface area (Å²) in [4.78, 5) is 24.1. The maximum atomic E-state index is 6.82. The Hall–Kier alpha value is -15.0. The van der Waals surface area contributed by atoms with Gasteiger partial charge < -0.3 is 27.5 Å². The molecule has 0 fully saturated rings. The van der Waals surface area contributed by atoms with Crippen LogP contribution in [0, 0.1) is 0 Å². The molecule has 0 spiro atoms. The Morgan fingerprint density at radius 1 is 0.209 bits per heavy atom. The van der Waals surface area contributed by atoms with Crippen LogP contribution in [0.4, 0.5) is 34.1 Å². The number of aromatic nitrogens is 4. The van der Waals surface area contributed by atoms with Gasteiger partial charge >= 0.3 is 0 Å². The summed E-state index contributed by atoms with van der Waals surface area (Å²) in [7, 11) is 0. The lowest BCUT2D eigenvalue weighted by Gasteiger charge is -2.28. The molecule has 0 aliphatic rings. The van der Waals surface area contributed by atoms with Crippen LogP contribution in [0.5, 0.6) is 0 Å². The normalized spacial score (nSPS) is 11.8. The zero-order chi connectivity index (χ0) is 72.3. The molecule has 8 heterocycles. The topological polar surface area (TPSA) is 111 Å². The van der Waals surface area contributed by atoms with Gasteiger partial charge in [-0.25, -0.2) is 0 Å². The molecule has 0 amide bonds. The van der Waals surface area contributed by atoms with Crippen LogP contribution in [-0.4, -0.2) is 19.9 Å². The van der Waals surface area contributed by atoms with Crippen molar-refractivity contribution in [1.82, 2.24) is 19.9 Å². The summed E-state index contributed by atoms with van der Waals surface area (Å²) in [6.07, 6.45) is 9.42. The van der Waals surface area contributed by atoms with E-state index in [4.69, 9.17) is 32.6 Å². The Kier molecular flexibility index (Phi) is 14.4. The molecule has 110 heavy (non-hydrogen) atoms. The minimum Gasteiger partial charge on any atom is -0.455 e. The zero-order valence-electron chi connectivity index (χ0n) is 59.0. The Morgan fingerprint density at radius 3 is 1.17 bits per heavy atom. The number of benzene rings is 14. The van der Waals surface area contributed by atoms with Gasteiger partial charge in [0.15, 0.2) is 16.7 Å². The summed E-state index contributed by atoms with van der Waals surface area (Å²) in [6.45, 7) is 0. The zero-order valence-corrected chi connectivity index (χ0v) is 59.0. The highest BCUT2D eigenvalue weighted by atomic mass is 16.3. The van der Waals surface area contributed by atoms with Gasteiger partial charge in [-0.3, -0.25) is 19.9 Å². The number of fused-ring (bicyclic) bond motifs is 14. The molecule has 0 aliphatic heterocycles. The number of rotatable bonds is 13. The van der Waals surface area contributed by atoms with E-state index in [-0.39, 0.29) is 0 Å². The van der Waals surface area contributed by atoms with Crippen LogP contribution in [0.15, 0.2) is 382 Å². The SMILES string of the molecule is c1ccc(-c2ccc3ccc(N(c4ccc(-c5ccnc6c5oc5ccccc56)cc4)c4ccc(-c5ccnc6c5oc5ccc(-c7ccc8oc9c(-c%10ccc(N(c%11ccc(-c%12cncc%13c%12oc%12ccccc%12%13)cc%11)c%11ccc(-c%12ccccc%12)c%12ccccc%11%12)cc%10)ccnc9c8c7)cc56)cc4)cc3c2)cc1. The minimum absolute atomic E-state index is 0.720. The molecule has 0 bridgehead atoms. The molecule has 10 heteroatoms. The summed E-state index contributed by atoms with van der Waals surface area (Å²) < 4.78 is 26.6. The molecule has 0 atom stereocenters. The second kappa shape index (κ2) is 25.4. The lowest BCUT2D eigenvalue weighted by atomic mass is 9.96. The van der Waals surface area contributed by atoms with Crippen LogP contribution < -0.4 is 9.80 Å². The maximum absolute atomic E-state index is 6.82. The van der Waals surface area contributed by atoms with Crippen LogP contribution in [0.25, 0.3) is 188 Å². The minimum atomic E-state index is 0.720. The first kappa shape index (κ1) is 62.4. The number of pyridine rings is 4. The first-order valence-electron chi connectivity index (χ1n) is 36.8. The largest absolute Gasteiger partial charge is 0.455 e. The highest BCUT2D eigenvalue weighted by Crippen LogP contribution is 2.48. The summed E-state index contributed by atoms with van der Waals surface area (Å²) in [5, 5.41) is 9.50. The van der Waals surface area contributed by atoms with Gasteiger partial charge in [0.2, 0.25) is 0 Å². The van der Waals surface area contributed by atoms with E-state index in [1.165, 1.54) is 22.3 Å². The number of nitrogens with zero attached hydrogens (tertiary/aromatic N) is 6. The van der Waals surface area contributed by atoms with E-state index in [9.17, 15) is 0 Å². The van der Waals surface area contributed by atoms with Gasteiger partial charge in [0, 0.05) is 114 Å². The quantitative estimate of drug-likeness (QED) is 0.111. The summed E-state index contributed by atoms with van der Waals surface area (Å²) >= 11 is 0. The summed E-state index contributed by atoms with van der Waals surface area (Å²) in [5.41, 5.74) is 29.3. The van der Waals surface area contributed by atoms with Crippen LogP contribution in [0.1, 0.15) is 0 Å². The molecule has 14 aromatic carbocycles. The predicted octanol–water partition coefficient (Wildman–Crippen LogP) is 27.8. The fourth-order valence-corrected chi connectivity index (χ4v) is 16.4. The van der Waals surface area contributed by atoms with E-state index in [0.717, 1.165) is 199 Å². The van der Waals surface area contributed by atoms with Gasteiger partial charge in [-0.15, -0.1) is 0 Å². The van der Waals surface area contributed by atoms with Crippen LogP contribution in [-0.2, 0) is 0 Å². The van der Waals surface area contributed by atoms with Crippen molar-refractivity contribution in [2.24, 2.45) is 0 Å². The van der Waals surface area contributed by atoms with E-state index < -0.39 is 0 Å². The molecule has 514 valence electrons. The van der Waals surface area contributed by atoms with E-state index in [2.05, 4.69) is 294 Å². The monoisotopic (exact) mass is 1410 g/mol. The fourth-order valence-electron chi connectivity index (χ4n) is 16.4. The smallest absolute Gasteiger partial charge is 0.161 e. The van der Waals surface area contributed by atoms with Gasteiger partial charge in [0.1, 0.15) is 44.5 Å². The van der Waals surface area contributed by atoms with Crippen molar-refractivity contribution in [3.05, 3.63) is 365 Å². The Balaban J connectivity index is 0.580. The number of hydrogen-bond donors (Lipinski definition) is 0. The van der Waals surface area contributed by atoms with Crippen LogP contribution in [0.3, 0.4) is 0 Å². The number of hydrogen-bond acceptors (Lipinski definition) is 10. The molecule has 0 saturated carbocycles. The van der Waals surface area contributed by atoms with Crippen molar-refractivity contribution >= 4 is 144 Å². The number of furan rings is 4. The third-order valence-corrected chi connectivity index (χ3v) is 21.7. The highest BCUT2D eigenvalue weighted by Gasteiger charge is 2.24. The third-order valence-electron chi connectivity index (χ3n) is 21.7. The van der Waals surface area contributed by atoms with Crippen LogP contribution in [0.2, 0.25) is 0 Å². The molecule has 22 rings (SSSR count). The summed E-state index contributed by atoms with van der Waals surface area (Å²) in [6, 6.07) is 118.